The van der Waals surface area contributed by atoms with E-state index in [4.69, 9.17) is 14.7 Å². The van der Waals surface area contributed by atoms with Crippen molar-refractivity contribution in [2.45, 2.75) is 0 Å². The van der Waals surface area contributed by atoms with Crippen molar-refractivity contribution in [1.82, 2.24) is 9.97 Å². The molecule has 0 N–H and O–H groups in total. The molecule has 2 heterocycles. The van der Waals surface area contributed by atoms with Gasteiger partial charge in [-0.05, 0) is 46.5 Å². The van der Waals surface area contributed by atoms with Crippen LogP contribution in [-0.2, 0) is 0 Å². The maximum absolute atomic E-state index is 6.73. The maximum atomic E-state index is 6.73. The van der Waals surface area contributed by atoms with Crippen LogP contribution in [0.4, 0.5) is 0 Å². The van der Waals surface area contributed by atoms with Gasteiger partial charge in [0.2, 0.25) is 0 Å². The average Bonchev–Trinajstić information content (AvgIpc) is 3.14. The molecule has 8 rings (SSSR count). The fourth-order valence-electron chi connectivity index (χ4n) is 5.90. The second-order valence-electron chi connectivity index (χ2n) is 11.0. The summed E-state index contributed by atoms with van der Waals surface area (Å²) in [5, 5.41) is 0. The number of fused-ring (bicyclic) bond motifs is 6. The Labute approximate surface area is 262 Å². The molecule has 45 heavy (non-hydrogen) atoms. The van der Waals surface area contributed by atoms with E-state index in [0.29, 0.717) is 5.82 Å². The van der Waals surface area contributed by atoms with Crippen LogP contribution in [0.5, 0.6) is 11.5 Å². The topological polar surface area (TPSA) is 35.0 Å². The molecule has 0 spiro atoms. The van der Waals surface area contributed by atoms with Gasteiger partial charge >= 0.3 is 0 Å². The van der Waals surface area contributed by atoms with Gasteiger partial charge in [0.05, 0.1) is 11.4 Å². The Morgan fingerprint density at radius 3 is 1.56 bits per heavy atom. The van der Waals surface area contributed by atoms with E-state index in [1.54, 1.807) is 0 Å². The van der Waals surface area contributed by atoms with E-state index in [1.165, 1.54) is 0 Å². The minimum atomic E-state index is 0.695. The summed E-state index contributed by atoms with van der Waals surface area (Å²) in [5.41, 5.74) is 11.3. The molecular formula is C42H28N2O. The van der Waals surface area contributed by atoms with Gasteiger partial charge in [-0.15, -0.1) is 0 Å². The smallest absolute Gasteiger partial charge is 0.160 e. The van der Waals surface area contributed by atoms with Crippen LogP contribution in [0.1, 0.15) is 11.1 Å². The van der Waals surface area contributed by atoms with Gasteiger partial charge in [-0.25, -0.2) is 9.97 Å². The zero-order valence-electron chi connectivity index (χ0n) is 24.5. The molecule has 0 amide bonds. The first-order chi connectivity index (χ1) is 22.3. The third-order valence-corrected chi connectivity index (χ3v) is 8.15. The van der Waals surface area contributed by atoms with Gasteiger partial charge in [0.15, 0.2) is 5.82 Å². The number of hydrogen-bond acceptors (Lipinski definition) is 3. The highest BCUT2D eigenvalue weighted by molar-refractivity contribution is 5.90. The second kappa shape index (κ2) is 11.6. The van der Waals surface area contributed by atoms with Gasteiger partial charge in [-0.3, -0.25) is 0 Å². The molecule has 6 aromatic carbocycles. The van der Waals surface area contributed by atoms with Crippen LogP contribution < -0.4 is 4.74 Å². The van der Waals surface area contributed by atoms with Crippen LogP contribution >= 0.6 is 0 Å². The molecule has 0 unspecified atom stereocenters. The molecule has 1 aromatic heterocycles. The number of rotatable bonds is 3. The number of nitrogens with zero attached hydrogens (tertiary/aromatic N) is 2. The summed E-state index contributed by atoms with van der Waals surface area (Å²) < 4.78 is 6.73. The number of ether oxygens (including phenoxy) is 1. The predicted molar refractivity (Wildman–Crippen MR) is 185 cm³/mol. The minimum absolute atomic E-state index is 0.695. The van der Waals surface area contributed by atoms with Crippen LogP contribution in [0.2, 0.25) is 0 Å². The SMILES string of the molecule is C1=C\c2ccc(-c3cc(-c4ccccc4)nc(-c4ccccc4)n3)cc2-c2ccccc2Oc2ccccc2-c2ccccc2/1. The lowest BCUT2D eigenvalue weighted by molar-refractivity contribution is 0.486. The minimum Gasteiger partial charge on any atom is -0.456 e. The number of hydrogen-bond donors (Lipinski definition) is 0. The van der Waals surface area contributed by atoms with E-state index in [9.17, 15) is 0 Å². The van der Waals surface area contributed by atoms with E-state index in [-0.39, 0.29) is 0 Å². The third kappa shape index (κ3) is 5.21. The number of para-hydroxylation sites is 2. The van der Waals surface area contributed by atoms with Crippen LogP contribution in [0.15, 0.2) is 158 Å². The molecule has 1 aliphatic heterocycles. The van der Waals surface area contributed by atoms with Crippen molar-refractivity contribution in [3.05, 3.63) is 169 Å². The van der Waals surface area contributed by atoms with Crippen LogP contribution in [0.25, 0.3) is 68.3 Å². The molecule has 0 bridgehead atoms. The summed E-state index contributed by atoms with van der Waals surface area (Å²) in [6.45, 7) is 0. The summed E-state index contributed by atoms with van der Waals surface area (Å²) in [5.74, 6) is 2.32. The van der Waals surface area contributed by atoms with Crippen molar-refractivity contribution < 1.29 is 4.74 Å². The fourth-order valence-corrected chi connectivity index (χ4v) is 5.90. The van der Waals surface area contributed by atoms with Crippen molar-refractivity contribution in [2.24, 2.45) is 0 Å². The predicted octanol–water partition coefficient (Wildman–Crippen LogP) is 11.1. The highest BCUT2D eigenvalue weighted by Crippen LogP contribution is 2.42. The van der Waals surface area contributed by atoms with Crippen molar-refractivity contribution in [3.63, 3.8) is 0 Å². The Kier molecular flexibility index (Phi) is 6.82. The quantitative estimate of drug-likeness (QED) is 0.210. The van der Waals surface area contributed by atoms with Crippen molar-refractivity contribution in [1.29, 1.82) is 0 Å². The lowest BCUT2D eigenvalue weighted by Gasteiger charge is -2.16. The standard InChI is InChI=1S/C42H28N2O/c1-3-14-31(15-4-1)38-28-39(44-42(43-38)32-16-5-2-6-17-32)33-26-25-30-24-23-29-13-7-8-18-34(29)35-19-9-11-21-40(35)45-41-22-12-10-20-36(41)37(30)27-33/h1-28H/b24-23-. The van der Waals surface area contributed by atoms with Gasteiger partial charge in [0.1, 0.15) is 11.5 Å². The summed E-state index contributed by atoms with van der Waals surface area (Å²) in [6.07, 6.45) is 4.40. The monoisotopic (exact) mass is 576 g/mol. The highest BCUT2D eigenvalue weighted by atomic mass is 16.5. The Hall–Kier alpha value is -6.06. The molecule has 3 nitrogen and oxygen atoms in total. The van der Waals surface area contributed by atoms with Gasteiger partial charge in [-0.2, -0.15) is 0 Å². The molecule has 0 radical (unpaired) electrons. The number of benzene rings is 6. The molecular weight excluding hydrogens is 548 g/mol. The molecule has 7 aromatic rings. The highest BCUT2D eigenvalue weighted by Gasteiger charge is 2.18. The normalized spacial score (nSPS) is 12.4. The number of aromatic nitrogens is 2. The van der Waals surface area contributed by atoms with E-state index >= 15 is 0 Å². The molecule has 3 heteroatoms. The van der Waals surface area contributed by atoms with Gasteiger partial charge in [-0.1, -0.05) is 146 Å². The van der Waals surface area contributed by atoms with Gasteiger partial charge in [0, 0.05) is 27.8 Å². The first-order valence-corrected chi connectivity index (χ1v) is 15.1. The molecule has 0 saturated heterocycles. The molecule has 0 atom stereocenters. The molecule has 212 valence electrons. The lowest BCUT2D eigenvalue weighted by atomic mass is 9.94. The van der Waals surface area contributed by atoms with Crippen LogP contribution in [-0.4, -0.2) is 9.97 Å². The molecule has 0 fully saturated rings. The lowest BCUT2D eigenvalue weighted by Crippen LogP contribution is -1.97. The van der Waals surface area contributed by atoms with Crippen molar-refractivity contribution in [3.8, 4) is 67.7 Å². The first kappa shape index (κ1) is 26.6. The zero-order chi connectivity index (χ0) is 30.0. The Balaban J connectivity index is 1.34. The summed E-state index contributed by atoms with van der Waals surface area (Å²) in [6, 6.07) is 54.0. The Morgan fingerprint density at radius 1 is 0.356 bits per heavy atom. The largest absolute Gasteiger partial charge is 0.456 e. The molecule has 1 aliphatic rings. The van der Waals surface area contributed by atoms with E-state index in [0.717, 1.165) is 73.0 Å². The molecule has 0 saturated carbocycles. The second-order valence-corrected chi connectivity index (χ2v) is 11.0. The van der Waals surface area contributed by atoms with Gasteiger partial charge < -0.3 is 4.74 Å². The maximum Gasteiger partial charge on any atom is 0.160 e. The zero-order valence-corrected chi connectivity index (χ0v) is 24.5. The summed E-state index contributed by atoms with van der Waals surface area (Å²) in [4.78, 5) is 10.1. The van der Waals surface area contributed by atoms with E-state index in [2.05, 4.69) is 109 Å². The summed E-state index contributed by atoms with van der Waals surface area (Å²) >= 11 is 0. The third-order valence-electron chi connectivity index (χ3n) is 8.15. The van der Waals surface area contributed by atoms with Crippen LogP contribution in [0.3, 0.4) is 0 Å². The fraction of sp³-hybridized carbons (Fsp3) is 0. The van der Waals surface area contributed by atoms with Gasteiger partial charge in [0.25, 0.3) is 0 Å². The molecule has 0 aliphatic carbocycles. The van der Waals surface area contributed by atoms with Crippen LogP contribution in [0, 0.1) is 0 Å². The summed E-state index contributed by atoms with van der Waals surface area (Å²) in [7, 11) is 0. The first-order valence-electron chi connectivity index (χ1n) is 15.1. The van der Waals surface area contributed by atoms with E-state index < -0.39 is 0 Å². The van der Waals surface area contributed by atoms with E-state index in [1.807, 2.05) is 60.7 Å². The van der Waals surface area contributed by atoms with Crippen molar-refractivity contribution in [2.75, 3.05) is 0 Å². The Morgan fingerprint density at radius 2 is 0.867 bits per heavy atom. The Bertz CT molecular complexity index is 2130. The average molecular weight is 577 g/mol. The van der Waals surface area contributed by atoms with Crippen molar-refractivity contribution >= 4 is 12.2 Å².